The van der Waals surface area contributed by atoms with Crippen molar-refractivity contribution in [2.45, 2.75) is 5.82 Å². The van der Waals surface area contributed by atoms with Crippen LogP contribution >= 0.6 is 0 Å². The van der Waals surface area contributed by atoms with E-state index in [1.807, 2.05) is 36.4 Å². The van der Waals surface area contributed by atoms with Crippen LogP contribution in [0, 0.1) is 52.4 Å². The van der Waals surface area contributed by atoms with E-state index in [-0.39, 0.29) is 42.5 Å². The molecule has 1 aliphatic rings. The van der Waals surface area contributed by atoms with E-state index < -0.39 is 104 Å². The van der Waals surface area contributed by atoms with Crippen molar-refractivity contribution in [2.24, 2.45) is 0 Å². The van der Waals surface area contributed by atoms with E-state index in [0.29, 0.717) is 0 Å². The van der Waals surface area contributed by atoms with Gasteiger partial charge >= 0.3 is 5.71 Å². The molecule has 2 nitrogen and oxygen atoms in total. The Balaban J connectivity index is 0.000000687. The van der Waals surface area contributed by atoms with Crippen molar-refractivity contribution in [1.29, 1.82) is 0 Å². The molecule has 4 aromatic carbocycles. The molecule has 4 aromatic rings. The van der Waals surface area contributed by atoms with Crippen LogP contribution in [-0.2, 0) is 0 Å². The fourth-order valence-corrected chi connectivity index (χ4v) is 5.26. The van der Waals surface area contributed by atoms with E-state index in [9.17, 15) is 58.2 Å². The summed E-state index contributed by atoms with van der Waals surface area (Å²) < 4.78 is 172. The summed E-state index contributed by atoms with van der Waals surface area (Å²) in [6.07, 6.45) is -4.14. The maximum atomic E-state index is 14.8. The Labute approximate surface area is 246 Å². The first-order valence-corrected chi connectivity index (χ1v) is 12.5. The van der Waals surface area contributed by atoms with E-state index in [2.05, 4.69) is 4.79 Å². The van der Waals surface area contributed by atoms with Crippen LogP contribution in [0.5, 0.6) is 0 Å². The van der Waals surface area contributed by atoms with E-state index >= 15 is 0 Å². The maximum absolute atomic E-state index is 14.8. The predicted molar refractivity (Wildman–Crippen MR) is 141 cm³/mol. The van der Waals surface area contributed by atoms with Gasteiger partial charge in [-0.2, -0.15) is 25.6 Å². The van der Waals surface area contributed by atoms with Crippen molar-refractivity contribution in [1.82, 2.24) is 0 Å². The molecular weight excluding hydrogens is 627 g/mol. The summed E-state index contributed by atoms with van der Waals surface area (Å²) in [5, 5.41) is 0. The molecule has 0 bridgehead atoms. The Morgan fingerprint density at radius 3 is 1.02 bits per heavy atom. The topological polar surface area (TPSA) is 36.4 Å². The van der Waals surface area contributed by atoms with Crippen LogP contribution in [0.1, 0.15) is 0 Å². The highest BCUT2D eigenvalue weighted by molar-refractivity contribution is 7.14. The Morgan fingerprint density at radius 1 is 0.467 bits per heavy atom. The molecule has 1 atom stereocenters. The average molecular weight is 641 g/mol. The number of hydrogen-bond acceptors (Lipinski definition) is 0. The first kappa shape index (κ1) is 32.9. The summed E-state index contributed by atoms with van der Waals surface area (Å²) in [4.78, 5) is 2.49. The van der Waals surface area contributed by atoms with Crippen molar-refractivity contribution in [3.05, 3.63) is 154 Å². The fourth-order valence-electron chi connectivity index (χ4n) is 5.26. The second-order valence-electron chi connectivity index (χ2n) is 9.64. The second-order valence-corrected chi connectivity index (χ2v) is 9.64. The number of allylic oxidation sites excluding steroid dienone is 4. The Hall–Kier alpha value is -5.04. The molecule has 0 radical (unpaired) electrons. The molecule has 15 heteroatoms. The van der Waals surface area contributed by atoms with Gasteiger partial charge in [0.1, 0.15) is 6.15 Å². The van der Waals surface area contributed by atoms with Crippen molar-refractivity contribution in [3.8, 4) is 0 Å². The molecule has 0 N–H and O–H groups in total. The first-order chi connectivity index (χ1) is 21.2. The smallest absolute Gasteiger partial charge is 0.303 e. The highest BCUT2D eigenvalue weighted by atomic mass is 19.2. The lowest BCUT2D eigenvalue weighted by molar-refractivity contribution is -0.00882. The minimum absolute atomic E-state index is 0.0744. The summed E-state index contributed by atoms with van der Waals surface area (Å²) in [6.45, 7) is 0. The van der Waals surface area contributed by atoms with Gasteiger partial charge in [-0.3, -0.25) is 0 Å². The molecule has 1 unspecified atom stereocenters. The standard InChI is InChI=1S/C24H8BF12N2.C6H6/c26-12-1-8(2-13(27)19(12)33)25(9-3-14(28)20(34)15(29)4-9,10-5-16(30)21(35)17(31)6-10)11-7-18(32)22(36)23(37)24(11)39-38;1-2-4-6-5-3-1/h1-7,11H;1-6H/q-1;. The molecule has 0 saturated carbocycles. The molecule has 45 heavy (non-hydrogen) atoms. The van der Waals surface area contributed by atoms with Crippen molar-refractivity contribution >= 4 is 28.2 Å². The van der Waals surface area contributed by atoms with Crippen molar-refractivity contribution in [3.63, 3.8) is 0 Å². The van der Waals surface area contributed by atoms with E-state index in [0.717, 1.165) is 0 Å². The molecule has 0 aliphatic heterocycles. The first-order valence-electron chi connectivity index (χ1n) is 12.5. The van der Waals surface area contributed by atoms with Crippen LogP contribution < -0.4 is 16.4 Å². The summed E-state index contributed by atoms with van der Waals surface area (Å²) in [5.41, 5.74) is 4.76. The molecular formula is C30H14BF12N2-. The minimum atomic E-state index is -4.22. The Morgan fingerprint density at radius 2 is 0.756 bits per heavy atom. The van der Waals surface area contributed by atoms with Crippen LogP contribution in [0.3, 0.4) is 0 Å². The lowest BCUT2D eigenvalue weighted by Gasteiger charge is -2.46. The van der Waals surface area contributed by atoms with Gasteiger partial charge in [-0.05, 0) is 5.82 Å². The monoisotopic (exact) mass is 641 g/mol. The summed E-state index contributed by atoms with van der Waals surface area (Å²) in [5.74, 6) is -27.7. The minimum Gasteiger partial charge on any atom is -0.361 e. The number of hydrogen-bond donors (Lipinski definition) is 0. The number of nitrogens with zero attached hydrogens (tertiary/aromatic N) is 2. The van der Waals surface area contributed by atoms with E-state index in [4.69, 9.17) is 0 Å². The lowest BCUT2D eigenvalue weighted by atomic mass is 9.10. The summed E-state index contributed by atoms with van der Waals surface area (Å²) in [7, 11) is 0. The maximum Gasteiger partial charge on any atom is 0.303 e. The second kappa shape index (κ2) is 12.9. The van der Waals surface area contributed by atoms with Gasteiger partial charge in [0, 0.05) is 0 Å². The third kappa shape index (κ3) is 5.90. The molecule has 0 fully saturated rings. The summed E-state index contributed by atoms with van der Waals surface area (Å²) >= 11 is 0. The van der Waals surface area contributed by atoms with Gasteiger partial charge in [-0.25, -0.2) is 48.3 Å². The van der Waals surface area contributed by atoms with E-state index in [1.165, 1.54) is 0 Å². The molecule has 0 aromatic heterocycles. The van der Waals surface area contributed by atoms with Crippen LogP contribution in [0.4, 0.5) is 52.7 Å². The molecule has 0 spiro atoms. The van der Waals surface area contributed by atoms with Gasteiger partial charge in [-0.15, -0.1) is 0 Å². The molecule has 232 valence electrons. The average Bonchev–Trinajstić information content (AvgIpc) is 3.01. The molecule has 0 heterocycles. The van der Waals surface area contributed by atoms with Gasteiger partial charge < -0.3 is 5.53 Å². The third-order valence-electron chi connectivity index (χ3n) is 7.18. The zero-order valence-electron chi connectivity index (χ0n) is 22.1. The van der Waals surface area contributed by atoms with Crippen molar-refractivity contribution < 1.29 is 57.5 Å². The van der Waals surface area contributed by atoms with Gasteiger partial charge in [-0.1, -0.05) is 78.9 Å². The normalized spacial score (nSPS) is 14.9. The lowest BCUT2D eigenvalue weighted by Crippen LogP contribution is -2.71. The SMILES string of the molecule is [N-]=[N+]=C1C(F)=C(F)C(F)=CC1[B-](c1cc(F)c(F)c(F)c1)(c1cc(F)c(F)c(F)c1)c1cc(F)c(F)c(F)c1.c1ccccc1. The van der Waals surface area contributed by atoms with Crippen LogP contribution in [0.25, 0.3) is 5.53 Å². The third-order valence-corrected chi connectivity index (χ3v) is 7.18. The Bertz CT molecular complexity index is 1670. The van der Waals surface area contributed by atoms with Gasteiger partial charge in [0.25, 0.3) is 0 Å². The molecule has 0 amide bonds. The van der Waals surface area contributed by atoms with Crippen LogP contribution in [0.15, 0.2) is 96.4 Å². The van der Waals surface area contributed by atoms with E-state index in [1.54, 1.807) is 0 Å². The zero-order valence-corrected chi connectivity index (χ0v) is 22.1. The number of benzene rings is 4. The highest BCUT2D eigenvalue weighted by Crippen LogP contribution is 2.38. The quantitative estimate of drug-likeness (QED) is 0.0747. The highest BCUT2D eigenvalue weighted by Gasteiger charge is 2.49. The van der Waals surface area contributed by atoms with Gasteiger partial charge in [0.15, 0.2) is 58.2 Å². The fraction of sp³-hybridized carbons (Fsp3) is 0.0333. The molecule has 1 aliphatic carbocycles. The predicted octanol–water partition coefficient (Wildman–Crippen LogP) is 7.15. The number of halogens is 12. The number of rotatable bonds is 4. The largest absolute Gasteiger partial charge is 0.361 e. The van der Waals surface area contributed by atoms with Gasteiger partial charge in [0.2, 0.25) is 11.7 Å². The van der Waals surface area contributed by atoms with Crippen LogP contribution in [0.2, 0.25) is 5.82 Å². The Kier molecular flexibility index (Phi) is 9.43. The molecule has 0 saturated heterocycles. The van der Waals surface area contributed by atoms with Crippen LogP contribution in [-0.4, -0.2) is 16.6 Å². The zero-order chi connectivity index (χ0) is 33.2. The van der Waals surface area contributed by atoms with Crippen molar-refractivity contribution in [2.75, 3.05) is 0 Å². The molecule has 5 rings (SSSR count). The summed E-state index contributed by atoms with van der Waals surface area (Å²) in [6, 6.07) is 12.6. The van der Waals surface area contributed by atoms with Gasteiger partial charge in [0.05, 0.1) is 0 Å².